The quantitative estimate of drug-likeness (QED) is 0.333. The molecule has 3 heterocycles. The largest absolute Gasteiger partial charge is 0.507 e. The Labute approximate surface area is 179 Å². The van der Waals surface area contributed by atoms with Crippen LogP contribution < -0.4 is 0 Å². The highest BCUT2D eigenvalue weighted by Gasteiger charge is 2.34. The lowest BCUT2D eigenvalue weighted by Crippen LogP contribution is -2.28. The number of carbonyl (C=O) groups is 1. The molecule has 1 aliphatic heterocycles. The molecule has 146 valence electrons. The summed E-state index contributed by atoms with van der Waals surface area (Å²) in [4.78, 5) is 15.8. The highest BCUT2D eigenvalue weighted by molar-refractivity contribution is 8.18. The Morgan fingerprint density at radius 1 is 1.24 bits per heavy atom. The van der Waals surface area contributed by atoms with Gasteiger partial charge in [0, 0.05) is 15.5 Å². The third-order valence-corrected chi connectivity index (χ3v) is 5.97. The molecule has 1 aromatic carbocycles. The standard InChI is InChI=1S/C20H14ClN3O3S2/c21-14-5-6-17(25)13(9-14)10-18-19(26)24(12-15-3-1-7-27-15)20(29-18)23-22-11-16-4-2-8-28-16/h1-11,25H,12H2/b18-10-,22-11+,23-20-. The van der Waals surface area contributed by atoms with Gasteiger partial charge in [0.15, 0.2) is 5.17 Å². The van der Waals surface area contributed by atoms with Gasteiger partial charge in [-0.3, -0.25) is 9.69 Å². The van der Waals surface area contributed by atoms with Gasteiger partial charge in [0.2, 0.25) is 0 Å². The molecule has 0 spiro atoms. The molecule has 0 atom stereocenters. The number of thiophene rings is 1. The molecule has 1 amide bonds. The Morgan fingerprint density at radius 3 is 2.90 bits per heavy atom. The second-order valence-corrected chi connectivity index (χ2v) is 8.35. The first-order chi connectivity index (χ1) is 14.1. The number of aromatic hydroxyl groups is 1. The van der Waals surface area contributed by atoms with Gasteiger partial charge in [-0.05, 0) is 59.6 Å². The molecule has 3 aromatic rings. The summed E-state index contributed by atoms with van der Waals surface area (Å²) >= 11 is 8.73. The molecule has 1 aliphatic rings. The molecule has 0 unspecified atom stereocenters. The molecule has 1 fully saturated rings. The predicted molar refractivity (Wildman–Crippen MR) is 117 cm³/mol. The van der Waals surface area contributed by atoms with Crippen LogP contribution in [0, 0.1) is 0 Å². The van der Waals surface area contributed by atoms with Gasteiger partial charge in [-0.2, -0.15) is 5.10 Å². The van der Waals surface area contributed by atoms with E-state index in [-0.39, 0.29) is 18.2 Å². The summed E-state index contributed by atoms with van der Waals surface area (Å²) in [6.45, 7) is 0.227. The molecule has 2 aromatic heterocycles. The number of phenolic OH excluding ortho intramolecular Hbond substituents is 1. The number of amides is 1. The van der Waals surface area contributed by atoms with Gasteiger partial charge in [-0.1, -0.05) is 17.7 Å². The summed E-state index contributed by atoms with van der Waals surface area (Å²) in [7, 11) is 0. The number of halogens is 1. The minimum absolute atomic E-state index is 0.0361. The van der Waals surface area contributed by atoms with E-state index in [1.54, 1.807) is 54.2 Å². The average Bonchev–Trinajstić information content (AvgIpc) is 3.45. The first-order valence-electron chi connectivity index (χ1n) is 8.47. The van der Waals surface area contributed by atoms with Crippen LogP contribution in [0.1, 0.15) is 16.2 Å². The summed E-state index contributed by atoms with van der Waals surface area (Å²) in [6.07, 6.45) is 4.78. The molecule has 1 N–H and O–H groups in total. The molecule has 1 saturated heterocycles. The lowest BCUT2D eigenvalue weighted by Gasteiger charge is -2.12. The number of rotatable bonds is 5. The van der Waals surface area contributed by atoms with Crippen molar-refractivity contribution in [3.8, 4) is 5.75 Å². The van der Waals surface area contributed by atoms with Crippen molar-refractivity contribution in [2.75, 3.05) is 0 Å². The van der Waals surface area contributed by atoms with Crippen LogP contribution in [0.25, 0.3) is 6.08 Å². The van der Waals surface area contributed by atoms with E-state index in [4.69, 9.17) is 16.0 Å². The van der Waals surface area contributed by atoms with Gasteiger partial charge in [0.05, 0.1) is 23.9 Å². The van der Waals surface area contributed by atoms with E-state index in [1.807, 2.05) is 17.5 Å². The summed E-state index contributed by atoms with van der Waals surface area (Å²) in [5, 5.41) is 21.2. The maximum Gasteiger partial charge on any atom is 0.267 e. The number of hydrogen-bond donors (Lipinski definition) is 1. The minimum Gasteiger partial charge on any atom is -0.507 e. The number of phenols is 1. The molecule has 6 nitrogen and oxygen atoms in total. The van der Waals surface area contributed by atoms with Crippen molar-refractivity contribution in [2.24, 2.45) is 10.2 Å². The Morgan fingerprint density at radius 2 is 2.14 bits per heavy atom. The molecule has 29 heavy (non-hydrogen) atoms. The number of nitrogens with zero attached hydrogens (tertiary/aromatic N) is 3. The van der Waals surface area contributed by atoms with Crippen LogP contribution in [0.15, 0.2) is 73.6 Å². The molecular weight excluding hydrogens is 430 g/mol. The molecule has 0 aliphatic carbocycles. The van der Waals surface area contributed by atoms with E-state index in [2.05, 4.69) is 10.2 Å². The Bertz CT molecular complexity index is 1110. The lowest BCUT2D eigenvalue weighted by atomic mass is 10.2. The zero-order valence-corrected chi connectivity index (χ0v) is 17.2. The van der Waals surface area contributed by atoms with Gasteiger partial charge in [-0.15, -0.1) is 16.4 Å². The summed E-state index contributed by atoms with van der Waals surface area (Å²) < 4.78 is 5.37. The Hall–Kier alpha value is -2.81. The number of carbonyl (C=O) groups excluding carboxylic acids is 1. The van der Waals surface area contributed by atoms with E-state index < -0.39 is 0 Å². The van der Waals surface area contributed by atoms with Crippen LogP contribution in [-0.2, 0) is 11.3 Å². The molecular formula is C20H14ClN3O3S2. The second-order valence-electron chi connectivity index (χ2n) is 5.93. The fourth-order valence-electron chi connectivity index (χ4n) is 2.56. The smallest absolute Gasteiger partial charge is 0.267 e. The number of hydrogen-bond acceptors (Lipinski definition) is 7. The van der Waals surface area contributed by atoms with Gasteiger partial charge in [0.1, 0.15) is 11.5 Å². The van der Waals surface area contributed by atoms with Crippen LogP contribution in [0.4, 0.5) is 0 Å². The van der Waals surface area contributed by atoms with E-state index in [9.17, 15) is 9.90 Å². The fraction of sp³-hybridized carbons (Fsp3) is 0.0500. The van der Waals surface area contributed by atoms with E-state index in [0.717, 1.165) is 4.88 Å². The van der Waals surface area contributed by atoms with Gasteiger partial charge in [-0.25, -0.2) is 0 Å². The Kier molecular flexibility index (Phi) is 5.84. The van der Waals surface area contributed by atoms with Crippen molar-refractivity contribution in [2.45, 2.75) is 6.54 Å². The SMILES string of the molecule is O=C1/C(=C/c2cc(Cl)ccc2O)S/C(=N\N=C\c2cccs2)N1Cc1ccco1. The predicted octanol–water partition coefficient (Wildman–Crippen LogP) is 5.21. The van der Waals surface area contributed by atoms with Crippen molar-refractivity contribution in [3.63, 3.8) is 0 Å². The van der Waals surface area contributed by atoms with E-state index >= 15 is 0 Å². The number of benzene rings is 1. The first kappa shape index (κ1) is 19.5. The summed E-state index contributed by atoms with van der Waals surface area (Å²) in [5.41, 5.74) is 0.453. The van der Waals surface area contributed by atoms with Crippen molar-refractivity contribution >= 4 is 58.1 Å². The fourth-order valence-corrected chi connectivity index (χ4v) is 4.25. The number of amidine groups is 1. The highest BCUT2D eigenvalue weighted by atomic mass is 35.5. The molecule has 0 saturated carbocycles. The second kappa shape index (κ2) is 8.69. The topological polar surface area (TPSA) is 78.4 Å². The zero-order chi connectivity index (χ0) is 20.2. The van der Waals surface area contributed by atoms with Crippen LogP contribution in [0.3, 0.4) is 0 Å². The third kappa shape index (κ3) is 4.61. The molecule has 0 radical (unpaired) electrons. The van der Waals surface area contributed by atoms with Crippen LogP contribution in [0.5, 0.6) is 5.75 Å². The number of thioether (sulfide) groups is 1. The van der Waals surface area contributed by atoms with Gasteiger partial charge >= 0.3 is 0 Å². The average molecular weight is 444 g/mol. The van der Waals surface area contributed by atoms with Gasteiger partial charge in [0.25, 0.3) is 5.91 Å². The maximum absolute atomic E-state index is 13.0. The highest BCUT2D eigenvalue weighted by Crippen LogP contribution is 2.35. The summed E-state index contributed by atoms with van der Waals surface area (Å²) in [5.74, 6) is 0.408. The molecule has 9 heteroatoms. The maximum atomic E-state index is 13.0. The van der Waals surface area contributed by atoms with Crippen molar-refractivity contribution in [1.82, 2.24) is 4.90 Å². The van der Waals surface area contributed by atoms with Crippen molar-refractivity contribution in [1.29, 1.82) is 0 Å². The summed E-state index contributed by atoms with van der Waals surface area (Å²) in [6, 6.07) is 12.1. The Balaban J connectivity index is 1.65. The monoisotopic (exact) mass is 443 g/mol. The molecule has 0 bridgehead atoms. The van der Waals surface area contributed by atoms with Crippen LogP contribution in [-0.4, -0.2) is 27.3 Å². The zero-order valence-electron chi connectivity index (χ0n) is 14.9. The van der Waals surface area contributed by atoms with E-state index in [1.165, 1.54) is 22.7 Å². The molecule has 4 rings (SSSR count). The normalized spacial score (nSPS) is 17.3. The van der Waals surface area contributed by atoms with Crippen molar-refractivity contribution in [3.05, 3.63) is 80.2 Å². The first-order valence-corrected chi connectivity index (χ1v) is 10.5. The lowest BCUT2D eigenvalue weighted by molar-refractivity contribution is -0.122. The van der Waals surface area contributed by atoms with Crippen LogP contribution in [0.2, 0.25) is 5.02 Å². The van der Waals surface area contributed by atoms with Gasteiger partial charge < -0.3 is 9.52 Å². The number of furan rings is 1. The van der Waals surface area contributed by atoms with E-state index in [0.29, 0.717) is 26.4 Å². The van der Waals surface area contributed by atoms with Crippen LogP contribution >= 0.6 is 34.7 Å². The van der Waals surface area contributed by atoms with Crippen molar-refractivity contribution < 1.29 is 14.3 Å². The minimum atomic E-state index is -0.254. The third-order valence-electron chi connectivity index (χ3n) is 3.93.